The van der Waals surface area contributed by atoms with Gasteiger partial charge in [0.05, 0.1) is 30.6 Å². The SMILES string of the molecule is COc1cncc(-c2cc3cc[nH]c(=O)c3c(Nc3ccc(OCCN4CCCC4)cc3)n2)n1. The van der Waals surface area contributed by atoms with Crippen LogP contribution in [0.15, 0.2) is 59.8 Å². The summed E-state index contributed by atoms with van der Waals surface area (Å²) in [7, 11) is 1.54. The van der Waals surface area contributed by atoms with Crippen molar-refractivity contribution in [1.29, 1.82) is 0 Å². The summed E-state index contributed by atoms with van der Waals surface area (Å²) >= 11 is 0. The van der Waals surface area contributed by atoms with Gasteiger partial charge in [0.15, 0.2) is 0 Å². The van der Waals surface area contributed by atoms with E-state index in [1.54, 1.807) is 12.4 Å². The highest BCUT2D eigenvalue weighted by Crippen LogP contribution is 2.28. The van der Waals surface area contributed by atoms with Crippen LogP contribution < -0.4 is 20.3 Å². The quantitative estimate of drug-likeness (QED) is 0.413. The lowest BCUT2D eigenvalue weighted by molar-refractivity contribution is 0.238. The Bertz CT molecular complexity index is 1330. The number of nitrogens with one attached hydrogen (secondary N) is 2. The van der Waals surface area contributed by atoms with E-state index in [2.05, 4.69) is 25.2 Å². The van der Waals surface area contributed by atoms with E-state index in [-0.39, 0.29) is 5.56 Å². The molecule has 0 saturated carbocycles. The van der Waals surface area contributed by atoms with Crippen LogP contribution in [-0.4, -0.2) is 58.2 Å². The largest absolute Gasteiger partial charge is 0.492 e. The maximum Gasteiger partial charge on any atom is 0.259 e. The number of hydrogen-bond acceptors (Lipinski definition) is 8. The second kappa shape index (κ2) is 9.88. The summed E-state index contributed by atoms with van der Waals surface area (Å²) in [4.78, 5) is 31.0. The van der Waals surface area contributed by atoms with Gasteiger partial charge in [-0.25, -0.2) is 9.97 Å². The fourth-order valence-electron chi connectivity index (χ4n) is 4.08. The summed E-state index contributed by atoms with van der Waals surface area (Å²) in [5.74, 6) is 1.63. The number of methoxy groups -OCH3 is 1. The maximum absolute atomic E-state index is 12.6. The number of nitrogens with zero attached hydrogens (tertiary/aromatic N) is 4. The third kappa shape index (κ3) is 4.84. The number of likely N-dealkylation sites (tertiary alicyclic amines) is 1. The van der Waals surface area contributed by atoms with E-state index >= 15 is 0 Å². The Hall–Kier alpha value is -3.98. The average molecular weight is 459 g/mol. The summed E-state index contributed by atoms with van der Waals surface area (Å²) in [5.41, 5.74) is 1.69. The Kier molecular flexibility index (Phi) is 6.35. The Morgan fingerprint density at radius 2 is 1.88 bits per heavy atom. The Morgan fingerprint density at radius 3 is 2.68 bits per heavy atom. The van der Waals surface area contributed by atoms with Crippen molar-refractivity contribution >= 4 is 22.3 Å². The van der Waals surface area contributed by atoms with E-state index < -0.39 is 0 Å². The van der Waals surface area contributed by atoms with Crippen molar-refractivity contribution in [3.8, 4) is 23.0 Å². The van der Waals surface area contributed by atoms with Gasteiger partial charge in [-0.15, -0.1) is 0 Å². The molecular formula is C25H26N6O3. The number of anilines is 2. The van der Waals surface area contributed by atoms with E-state index in [0.29, 0.717) is 35.1 Å². The summed E-state index contributed by atoms with van der Waals surface area (Å²) in [6, 6.07) is 11.3. The van der Waals surface area contributed by atoms with Gasteiger partial charge in [0.25, 0.3) is 5.56 Å². The molecule has 1 aliphatic rings. The predicted molar refractivity (Wildman–Crippen MR) is 131 cm³/mol. The minimum Gasteiger partial charge on any atom is -0.492 e. The Morgan fingerprint density at radius 1 is 1.06 bits per heavy atom. The van der Waals surface area contributed by atoms with Crippen molar-refractivity contribution in [3.05, 3.63) is 65.3 Å². The van der Waals surface area contributed by atoms with Crippen LogP contribution in [0, 0.1) is 0 Å². The Labute approximate surface area is 196 Å². The average Bonchev–Trinajstić information content (AvgIpc) is 3.39. The van der Waals surface area contributed by atoms with Crippen LogP contribution in [0.25, 0.3) is 22.2 Å². The van der Waals surface area contributed by atoms with E-state index in [1.165, 1.54) is 26.1 Å². The molecular weight excluding hydrogens is 432 g/mol. The lowest BCUT2D eigenvalue weighted by Crippen LogP contribution is -2.25. The van der Waals surface area contributed by atoms with Crippen molar-refractivity contribution in [3.63, 3.8) is 0 Å². The monoisotopic (exact) mass is 458 g/mol. The van der Waals surface area contributed by atoms with Gasteiger partial charge in [0.1, 0.15) is 23.9 Å². The Balaban J connectivity index is 1.39. The number of H-pyrrole nitrogens is 1. The molecule has 174 valence electrons. The molecule has 1 fully saturated rings. The molecule has 1 aromatic carbocycles. The molecule has 3 aromatic heterocycles. The molecule has 0 atom stereocenters. The summed E-state index contributed by atoms with van der Waals surface area (Å²) in [5, 5.41) is 4.48. The number of pyridine rings is 2. The van der Waals surface area contributed by atoms with Crippen LogP contribution in [0.3, 0.4) is 0 Å². The first-order chi connectivity index (χ1) is 16.7. The fourth-order valence-corrected chi connectivity index (χ4v) is 4.08. The number of rotatable bonds is 8. The topological polar surface area (TPSA) is 105 Å². The molecule has 0 radical (unpaired) electrons. The molecule has 5 rings (SSSR count). The smallest absolute Gasteiger partial charge is 0.259 e. The second-order valence-electron chi connectivity index (χ2n) is 8.12. The van der Waals surface area contributed by atoms with Gasteiger partial charge >= 0.3 is 0 Å². The van der Waals surface area contributed by atoms with Crippen LogP contribution in [0.4, 0.5) is 11.5 Å². The number of ether oxygens (including phenoxy) is 2. The lowest BCUT2D eigenvalue weighted by atomic mass is 10.1. The van der Waals surface area contributed by atoms with Gasteiger partial charge in [-0.3, -0.25) is 14.7 Å². The van der Waals surface area contributed by atoms with Crippen molar-refractivity contribution in [1.82, 2.24) is 24.8 Å². The van der Waals surface area contributed by atoms with Crippen LogP contribution in [0.1, 0.15) is 12.8 Å². The number of hydrogen-bond donors (Lipinski definition) is 2. The first-order valence-corrected chi connectivity index (χ1v) is 11.3. The molecule has 0 spiro atoms. The maximum atomic E-state index is 12.6. The summed E-state index contributed by atoms with van der Waals surface area (Å²) in [6.07, 6.45) is 7.31. The van der Waals surface area contributed by atoms with Crippen LogP contribution in [0.2, 0.25) is 0 Å². The first-order valence-electron chi connectivity index (χ1n) is 11.3. The standard InChI is InChI=1S/C25H26N6O3/c1-33-22-16-26-15-21(29-22)20-14-17-8-9-27-25(32)23(17)24(30-20)28-18-4-6-19(7-5-18)34-13-12-31-10-2-3-11-31/h4-9,14-16H,2-3,10-13H2,1H3,(H,27,32)(H,28,30). The molecule has 0 bridgehead atoms. The highest BCUT2D eigenvalue weighted by molar-refractivity contribution is 5.94. The molecule has 4 heterocycles. The van der Waals surface area contributed by atoms with Crippen molar-refractivity contribution in [2.45, 2.75) is 12.8 Å². The number of aromatic nitrogens is 4. The first kappa shape index (κ1) is 21.8. The number of aromatic amines is 1. The minimum atomic E-state index is -0.224. The molecule has 9 nitrogen and oxygen atoms in total. The molecule has 4 aromatic rings. The minimum absolute atomic E-state index is 0.224. The van der Waals surface area contributed by atoms with E-state index in [0.717, 1.165) is 36.5 Å². The van der Waals surface area contributed by atoms with Gasteiger partial charge in [-0.1, -0.05) is 0 Å². The molecule has 34 heavy (non-hydrogen) atoms. The van der Waals surface area contributed by atoms with Crippen LogP contribution in [0.5, 0.6) is 11.6 Å². The predicted octanol–water partition coefficient (Wildman–Crippen LogP) is 3.61. The van der Waals surface area contributed by atoms with Gasteiger partial charge < -0.3 is 19.8 Å². The molecule has 9 heteroatoms. The van der Waals surface area contributed by atoms with Crippen molar-refractivity contribution in [2.24, 2.45) is 0 Å². The number of benzene rings is 1. The third-order valence-corrected chi connectivity index (χ3v) is 5.83. The highest BCUT2D eigenvalue weighted by atomic mass is 16.5. The second-order valence-corrected chi connectivity index (χ2v) is 8.12. The van der Waals surface area contributed by atoms with E-state index in [4.69, 9.17) is 14.5 Å². The lowest BCUT2D eigenvalue weighted by Gasteiger charge is -2.15. The molecule has 0 amide bonds. The normalized spacial score (nSPS) is 13.8. The molecule has 0 unspecified atom stereocenters. The van der Waals surface area contributed by atoms with E-state index in [1.807, 2.05) is 36.4 Å². The van der Waals surface area contributed by atoms with Gasteiger partial charge in [-0.2, -0.15) is 0 Å². The molecule has 1 aliphatic heterocycles. The van der Waals surface area contributed by atoms with Gasteiger partial charge in [0, 0.05) is 18.4 Å². The number of fused-ring (bicyclic) bond motifs is 1. The zero-order valence-corrected chi connectivity index (χ0v) is 19.0. The van der Waals surface area contributed by atoms with Gasteiger partial charge in [-0.05, 0) is 67.7 Å². The molecule has 2 N–H and O–H groups in total. The van der Waals surface area contributed by atoms with Crippen LogP contribution in [-0.2, 0) is 0 Å². The summed E-state index contributed by atoms with van der Waals surface area (Å²) < 4.78 is 11.1. The third-order valence-electron chi connectivity index (χ3n) is 5.83. The fraction of sp³-hybridized carbons (Fsp3) is 0.280. The molecule has 0 aliphatic carbocycles. The van der Waals surface area contributed by atoms with Crippen LogP contribution >= 0.6 is 0 Å². The highest BCUT2D eigenvalue weighted by Gasteiger charge is 2.14. The van der Waals surface area contributed by atoms with Crippen molar-refractivity contribution in [2.75, 3.05) is 38.7 Å². The zero-order chi connectivity index (χ0) is 23.3. The van der Waals surface area contributed by atoms with Gasteiger partial charge in [0.2, 0.25) is 5.88 Å². The summed E-state index contributed by atoms with van der Waals surface area (Å²) in [6.45, 7) is 3.93. The van der Waals surface area contributed by atoms with Crippen molar-refractivity contribution < 1.29 is 9.47 Å². The zero-order valence-electron chi connectivity index (χ0n) is 19.0. The molecule has 1 saturated heterocycles. The van der Waals surface area contributed by atoms with E-state index in [9.17, 15) is 4.79 Å².